The predicted molar refractivity (Wildman–Crippen MR) is 74.8 cm³/mol. The Kier molecular flexibility index (Phi) is 3.65. The number of rotatable bonds is 5. The van der Waals surface area contributed by atoms with Crippen LogP contribution in [0.15, 0.2) is 6.33 Å². The Labute approximate surface area is 130 Å². The van der Waals surface area contributed by atoms with Crippen molar-refractivity contribution < 1.29 is 19.1 Å². The fraction of sp³-hybridized carbons (Fsp3) is 0.545. The van der Waals surface area contributed by atoms with Gasteiger partial charge in [-0.2, -0.15) is 9.97 Å². The molecule has 2 atom stereocenters. The van der Waals surface area contributed by atoms with Gasteiger partial charge in [-0.3, -0.25) is 0 Å². The van der Waals surface area contributed by atoms with Crippen molar-refractivity contribution in [3.63, 3.8) is 0 Å². The first-order valence-electron chi connectivity index (χ1n) is 6.49. The first kappa shape index (κ1) is 15.6. The van der Waals surface area contributed by atoms with E-state index in [0.29, 0.717) is 24.1 Å². The number of aromatic nitrogens is 4. The minimum Gasteiger partial charge on any atom is -0.809 e. The summed E-state index contributed by atoms with van der Waals surface area (Å²) in [6.45, 7) is 2.22. The zero-order valence-electron chi connectivity index (χ0n) is 11.6. The van der Waals surface area contributed by atoms with Gasteiger partial charge in [0, 0.05) is 0 Å². The van der Waals surface area contributed by atoms with Gasteiger partial charge in [0.2, 0.25) is 5.95 Å². The van der Waals surface area contributed by atoms with Crippen molar-refractivity contribution in [3.8, 4) is 0 Å². The Morgan fingerprint density at radius 1 is 1.59 bits per heavy atom. The van der Waals surface area contributed by atoms with Crippen LogP contribution in [-0.4, -0.2) is 31.5 Å². The second-order valence-corrected chi connectivity index (χ2v) is 7.31. The smallest absolute Gasteiger partial charge is 0.223 e. The third-order valence-corrected chi connectivity index (χ3v) is 4.49. The van der Waals surface area contributed by atoms with Crippen LogP contribution >= 0.6 is 19.2 Å². The second-order valence-electron chi connectivity index (χ2n) is 5.47. The van der Waals surface area contributed by atoms with Crippen molar-refractivity contribution in [2.45, 2.75) is 25.5 Å². The molecular formula is C11H13ClN5O4P-2. The van der Waals surface area contributed by atoms with E-state index in [0.717, 1.165) is 0 Å². The molecule has 0 spiro atoms. The molecule has 0 amide bonds. The highest BCUT2D eigenvalue weighted by Crippen LogP contribution is 2.49. The van der Waals surface area contributed by atoms with E-state index in [1.165, 1.54) is 6.33 Å². The molecule has 1 aliphatic carbocycles. The third kappa shape index (κ3) is 2.95. The SMILES string of the molecule is C[C@H]1C[C@]1(Cn1cnc2c(Cl)nc(N)nc21)OCP(=O)([O-])[O-]. The summed E-state index contributed by atoms with van der Waals surface area (Å²) in [4.78, 5) is 33.6. The van der Waals surface area contributed by atoms with Crippen molar-refractivity contribution in [3.05, 3.63) is 11.5 Å². The second kappa shape index (κ2) is 5.14. The van der Waals surface area contributed by atoms with Crippen LogP contribution < -0.4 is 15.5 Å². The van der Waals surface area contributed by atoms with E-state index < -0.39 is 19.5 Å². The van der Waals surface area contributed by atoms with Gasteiger partial charge >= 0.3 is 0 Å². The molecule has 22 heavy (non-hydrogen) atoms. The van der Waals surface area contributed by atoms with Gasteiger partial charge in [-0.15, -0.1) is 0 Å². The molecule has 0 saturated heterocycles. The van der Waals surface area contributed by atoms with Crippen molar-refractivity contribution in [1.29, 1.82) is 0 Å². The van der Waals surface area contributed by atoms with Gasteiger partial charge in [0.05, 0.1) is 24.8 Å². The Bertz CT molecular complexity index is 777. The van der Waals surface area contributed by atoms with E-state index in [-0.39, 0.29) is 17.0 Å². The first-order chi connectivity index (χ1) is 10.2. The maximum atomic E-state index is 10.8. The number of hydrogen-bond acceptors (Lipinski definition) is 8. The Balaban J connectivity index is 1.87. The van der Waals surface area contributed by atoms with Crippen LogP contribution in [0, 0.1) is 5.92 Å². The predicted octanol–water partition coefficient (Wildman–Crippen LogP) is -0.272. The fourth-order valence-corrected chi connectivity index (χ4v) is 3.10. The van der Waals surface area contributed by atoms with E-state index in [9.17, 15) is 14.4 Å². The molecule has 1 aliphatic rings. The third-order valence-electron chi connectivity index (χ3n) is 3.78. The van der Waals surface area contributed by atoms with Gasteiger partial charge in [0.1, 0.15) is 5.52 Å². The summed E-state index contributed by atoms with van der Waals surface area (Å²) in [6, 6.07) is 0. The summed E-state index contributed by atoms with van der Waals surface area (Å²) in [5.41, 5.74) is 5.70. The molecule has 2 aromatic heterocycles. The summed E-state index contributed by atoms with van der Waals surface area (Å²) in [7, 11) is -4.72. The summed E-state index contributed by atoms with van der Waals surface area (Å²) < 4.78 is 17.8. The van der Waals surface area contributed by atoms with Gasteiger partial charge in [-0.25, -0.2) is 4.98 Å². The monoisotopic (exact) mass is 345 g/mol. The normalized spacial score (nSPS) is 24.8. The maximum absolute atomic E-state index is 10.8. The molecule has 11 heteroatoms. The average molecular weight is 346 g/mol. The zero-order valence-corrected chi connectivity index (χ0v) is 13.3. The molecule has 0 aliphatic heterocycles. The molecule has 1 saturated carbocycles. The summed E-state index contributed by atoms with van der Waals surface area (Å²) in [5, 5.41) is 0.142. The van der Waals surface area contributed by atoms with Crippen LogP contribution in [-0.2, 0) is 15.8 Å². The Morgan fingerprint density at radius 3 is 2.86 bits per heavy atom. The molecular weight excluding hydrogens is 333 g/mol. The number of anilines is 1. The fourth-order valence-electron chi connectivity index (χ4n) is 2.46. The van der Waals surface area contributed by atoms with Gasteiger partial charge in [0.15, 0.2) is 10.8 Å². The van der Waals surface area contributed by atoms with Crippen LogP contribution in [0.1, 0.15) is 13.3 Å². The Morgan fingerprint density at radius 2 is 2.27 bits per heavy atom. The molecule has 0 unspecified atom stereocenters. The minimum atomic E-state index is -4.72. The lowest BCUT2D eigenvalue weighted by molar-refractivity contribution is -0.319. The van der Waals surface area contributed by atoms with Gasteiger partial charge in [-0.1, -0.05) is 18.5 Å². The Hall–Kier alpha value is -1.25. The first-order valence-corrected chi connectivity index (χ1v) is 8.60. The highest BCUT2D eigenvalue weighted by atomic mass is 35.5. The number of halogens is 1. The van der Waals surface area contributed by atoms with Crippen LogP contribution in [0.25, 0.3) is 11.2 Å². The lowest BCUT2D eigenvalue weighted by atomic mass is 10.2. The van der Waals surface area contributed by atoms with Crippen LogP contribution in [0.5, 0.6) is 0 Å². The molecule has 3 rings (SSSR count). The van der Waals surface area contributed by atoms with Gasteiger partial charge in [-0.05, 0) is 19.9 Å². The van der Waals surface area contributed by atoms with E-state index in [1.54, 1.807) is 4.57 Å². The number of hydrogen-bond donors (Lipinski definition) is 1. The van der Waals surface area contributed by atoms with E-state index in [2.05, 4.69) is 15.0 Å². The maximum Gasteiger partial charge on any atom is 0.223 e. The number of fused-ring (bicyclic) bond motifs is 1. The van der Waals surface area contributed by atoms with E-state index in [4.69, 9.17) is 22.1 Å². The van der Waals surface area contributed by atoms with Gasteiger partial charge in [0.25, 0.3) is 0 Å². The zero-order chi connectivity index (χ0) is 16.1. The number of nitrogen functional groups attached to an aromatic ring is 1. The molecule has 9 nitrogen and oxygen atoms in total. The highest BCUT2D eigenvalue weighted by molar-refractivity contribution is 7.48. The van der Waals surface area contributed by atoms with Crippen LogP contribution in [0.2, 0.25) is 5.15 Å². The topological polar surface area (TPSA) is 142 Å². The average Bonchev–Trinajstić information content (AvgIpc) is 2.83. The number of nitrogens with zero attached hydrogens (tertiary/aromatic N) is 4. The lowest BCUT2D eigenvalue weighted by Crippen LogP contribution is -2.28. The quantitative estimate of drug-likeness (QED) is 0.576. The van der Waals surface area contributed by atoms with E-state index in [1.807, 2.05) is 6.92 Å². The number of ether oxygens (including phenoxy) is 1. The van der Waals surface area contributed by atoms with Crippen molar-refractivity contribution in [1.82, 2.24) is 19.5 Å². The van der Waals surface area contributed by atoms with Crippen LogP contribution in [0.4, 0.5) is 5.95 Å². The standard InChI is InChI=1S/C11H15ClN5O4P/c1-6-2-11(6,21-5-22(18,19)20)3-17-4-14-7-8(12)15-10(13)16-9(7)17/h4,6H,2-3,5H2,1H3,(H2,13,15,16)(H2,18,19,20)/p-2/t6-,11+/m0/s1. The number of nitrogens with two attached hydrogens (primary N) is 1. The van der Waals surface area contributed by atoms with Gasteiger partial charge < -0.3 is 29.4 Å². The molecule has 2 aromatic rings. The molecule has 2 heterocycles. The molecule has 0 aromatic carbocycles. The summed E-state index contributed by atoms with van der Waals surface area (Å²) in [5.74, 6) is 0.132. The molecule has 1 fully saturated rings. The van der Waals surface area contributed by atoms with E-state index >= 15 is 0 Å². The minimum absolute atomic E-state index is 0.0154. The lowest BCUT2D eigenvalue weighted by Gasteiger charge is -2.31. The van der Waals surface area contributed by atoms with Crippen LogP contribution in [0.3, 0.4) is 0 Å². The molecule has 0 radical (unpaired) electrons. The molecule has 2 N–H and O–H groups in total. The molecule has 120 valence electrons. The number of imidazole rings is 1. The van der Waals surface area contributed by atoms with Crippen molar-refractivity contribution >= 4 is 36.3 Å². The van der Waals surface area contributed by atoms with Crippen molar-refractivity contribution in [2.24, 2.45) is 5.92 Å². The highest BCUT2D eigenvalue weighted by Gasteiger charge is 2.53. The summed E-state index contributed by atoms with van der Waals surface area (Å²) >= 11 is 5.95. The molecule has 0 bridgehead atoms. The summed E-state index contributed by atoms with van der Waals surface area (Å²) in [6.07, 6.45) is 1.32. The largest absolute Gasteiger partial charge is 0.809 e. The van der Waals surface area contributed by atoms with Crippen molar-refractivity contribution in [2.75, 3.05) is 12.1 Å².